The lowest BCUT2D eigenvalue weighted by atomic mass is 10.4. The second kappa shape index (κ2) is 4.39. The minimum Gasteiger partial charge on any atom is -0.308 e. The number of hydrazine groups is 2. The molecule has 0 spiro atoms. The first-order valence-electron chi connectivity index (χ1n) is 4.12. The summed E-state index contributed by atoms with van der Waals surface area (Å²) in [6.45, 7) is 2.70. The van der Waals surface area contributed by atoms with Gasteiger partial charge < -0.3 is 4.90 Å². The van der Waals surface area contributed by atoms with Gasteiger partial charge in [-0.2, -0.15) is 5.53 Å². The molecule has 1 aliphatic rings. The molecule has 1 fully saturated rings. The van der Waals surface area contributed by atoms with Crippen molar-refractivity contribution in [2.45, 2.75) is 6.42 Å². The predicted molar refractivity (Wildman–Crippen MR) is 46.0 cm³/mol. The van der Waals surface area contributed by atoms with E-state index in [2.05, 4.69) is 15.9 Å². The number of hydrogen-bond acceptors (Lipinski definition) is 4. The largest absolute Gasteiger partial charge is 0.308 e. The first kappa shape index (κ1) is 9.44. The molecule has 12 heavy (non-hydrogen) atoms. The molecule has 1 heterocycles. The number of nitrogens with one attached hydrogen (secondary N) is 2. The molecule has 0 atom stereocenters. The maximum absolute atomic E-state index is 10.7. The summed E-state index contributed by atoms with van der Waals surface area (Å²) in [4.78, 5) is 12.8. The van der Waals surface area contributed by atoms with Crippen molar-refractivity contribution in [1.29, 1.82) is 0 Å². The lowest BCUT2D eigenvalue weighted by Crippen LogP contribution is -2.56. The van der Waals surface area contributed by atoms with Crippen molar-refractivity contribution < 1.29 is 4.79 Å². The summed E-state index contributed by atoms with van der Waals surface area (Å²) >= 11 is 0. The summed E-state index contributed by atoms with van der Waals surface area (Å²) in [6.07, 6.45) is 0.584. The van der Waals surface area contributed by atoms with Crippen molar-refractivity contribution in [3.63, 3.8) is 0 Å². The minimum atomic E-state index is 0.0658. The Morgan fingerprint density at radius 1 is 1.58 bits per heavy atom. The van der Waals surface area contributed by atoms with E-state index < -0.39 is 0 Å². The van der Waals surface area contributed by atoms with Crippen LogP contribution in [0.5, 0.6) is 0 Å². The third-order valence-electron chi connectivity index (χ3n) is 1.78. The molecular formula is C7H16N4O. The normalized spacial score (nSPS) is 19.8. The molecule has 1 aliphatic heterocycles. The standard InChI is InChI=1S/C7H16N4O/c1-10(2)5-6-11-4-3-7(12)8-9-11/h9H,3-6H2,1-2H3,(H,8,12). The van der Waals surface area contributed by atoms with Crippen LogP contribution in [0.1, 0.15) is 6.42 Å². The Morgan fingerprint density at radius 2 is 2.33 bits per heavy atom. The highest BCUT2D eigenvalue weighted by molar-refractivity contribution is 5.75. The maximum atomic E-state index is 10.7. The lowest BCUT2D eigenvalue weighted by molar-refractivity contribution is -0.127. The number of likely N-dealkylation sites (N-methyl/N-ethyl adjacent to an activating group) is 1. The molecule has 1 saturated heterocycles. The van der Waals surface area contributed by atoms with Crippen LogP contribution in [-0.4, -0.2) is 49.5 Å². The van der Waals surface area contributed by atoms with E-state index in [-0.39, 0.29) is 5.91 Å². The number of rotatable bonds is 3. The summed E-state index contributed by atoms with van der Waals surface area (Å²) in [5, 5.41) is 2.00. The predicted octanol–water partition coefficient (Wildman–Crippen LogP) is -1.21. The molecule has 0 aromatic rings. The summed E-state index contributed by atoms with van der Waals surface area (Å²) in [5.74, 6) is 0.0658. The maximum Gasteiger partial charge on any atom is 0.236 e. The fourth-order valence-corrected chi connectivity index (χ4v) is 0.985. The Bertz CT molecular complexity index is 149. The Hall–Kier alpha value is -0.650. The topological polar surface area (TPSA) is 47.6 Å². The third-order valence-corrected chi connectivity index (χ3v) is 1.78. The molecule has 0 aromatic heterocycles. The first-order chi connectivity index (χ1) is 5.68. The molecule has 0 radical (unpaired) electrons. The van der Waals surface area contributed by atoms with Gasteiger partial charge in [-0.15, -0.1) is 0 Å². The van der Waals surface area contributed by atoms with Crippen LogP contribution in [0.2, 0.25) is 0 Å². The van der Waals surface area contributed by atoms with Gasteiger partial charge in [0, 0.05) is 26.1 Å². The Labute approximate surface area is 72.6 Å². The van der Waals surface area contributed by atoms with E-state index in [0.717, 1.165) is 19.6 Å². The zero-order chi connectivity index (χ0) is 8.97. The highest BCUT2D eigenvalue weighted by atomic mass is 16.2. The second-order valence-electron chi connectivity index (χ2n) is 3.20. The van der Waals surface area contributed by atoms with Gasteiger partial charge in [-0.05, 0) is 14.1 Å². The van der Waals surface area contributed by atoms with Crippen LogP contribution >= 0.6 is 0 Å². The molecule has 5 heteroatoms. The van der Waals surface area contributed by atoms with Gasteiger partial charge in [0.05, 0.1) is 0 Å². The summed E-state index contributed by atoms with van der Waals surface area (Å²) in [5.41, 5.74) is 5.41. The van der Waals surface area contributed by atoms with E-state index in [1.807, 2.05) is 19.1 Å². The van der Waals surface area contributed by atoms with Gasteiger partial charge in [-0.1, -0.05) is 0 Å². The summed E-state index contributed by atoms with van der Waals surface area (Å²) < 4.78 is 0. The van der Waals surface area contributed by atoms with Crippen molar-refractivity contribution in [2.75, 3.05) is 33.7 Å². The van der Waals surface area contributed by atoms with Gasteiger partial charge >= 0.3 is 0 Å². The van der Waals surface area contributed by atoms with Gasteiger partial charge in [0.25, 0.3) is 0 Å². The van der Waals surface area contributed by atoms with Gasteiger partial charge in [-0.25, -0.2) is 5.01 Å². The molecule has 2 N–H and O–H groups in total. The lowest BCUT2D eigenvalue weighted by Gasteiger charge is -2.28. The highest BCUT2D eigenvalue weighted by Gasteiger charge is 2.13. The molecule has 0 aromatic carbocycles. The fraction of sp³-hybridized carbons (Fsp3) is 0.857. The Kier molecular flexibility index (Phi) is 3.46. The monoisotopic (exact) mass is 172 g/mol. The number of amides is 1. The van der Waals surface area contributed by atoms with E-state index in [4.69, 9.17) is 0 Å². The van der Waals surface area contributed by atoms with Crippen molar-refractivity contribution in [3.05, 3.63) is 0 Å². The van der Waals surface area contributed by atoms with Crippen LogP contribution in [0.3, 0.4) is 0 Å². The second-order valence-corrected chi connectivity index (χ2v) is 3.20. The molecule has 1 rings (SSSR count). The molecule has 0 aliphatic carbocycles. The van der Waals surface area contributed by atoms with Crippen molar-refractivity contribution in [2.24, 2.45) is 0 Å². The molecule has 0 bridgehead atoms. The minimum absolute atomic E-state index is 0.0658. The zero-order valence-corrected chi connectivity index (χ0v) is 7.63. The smallest absolute Gasteiger partial charge is 0.236 e. The number of nitrogens with zero attached hydrogens (tertiary/aromatic N) is 2. The average molecular weight is 172 g/mol. The SMILES string of the molecule is CN(C)CCN1CCC(=O)NN1. The van der Waals surface area contributed by atoms with Crippen molar-refractivity contribution >= 4 is 5.91 Å². The molecule has 5 nitrogen and oxygen atoms in total. The first-order valence-corrected chi connectivity index (χ1v) is 4.12. The molecule has 0 unspecified atom stereocenters. The average Bonchev–Trinajstić information content (AvgIpc) is 2.03. The molecular weight excluding hydrogens is 156 g/mol. The fourth-order valence-electron chi connectivity index (χ4n) is 0.985. The Balaban J connectivity index is 2.13. The van der Waals surface area contributed by atoms with Crippen molar-refractivity contribution in [3.8, 4) is 0 Å². The van der Waals surface area contributed by atoms with Crippen LogP contribution in [0.4, 0.5) is 0 Å². The molecule has 0 saturated carbocycles. The van der Waals surface area contributed by atoms with Crippen LogP contribution in [-0.2, 0) is 4.79 Å². The number of hydrogen-bond donors (Lipinski definition) is 2. The van der Waals surface area contributed by atoms with Crippen LogP contribution in [0, 0.1) is 0 Å². The van der Waals surface area contributed by atoms with Crippen LogP contribution in [0.25, 0.3) is 0 Å². The Morgan fingerprint density at radius 3 is 2.83 bits per heavy atom. The van der Waals surface area contributed by atoms with Crippen molar-refractivity contribution in [1.82, 2.24) is 20.9 Å². The van der Waals surface area contributed by atoms with E-state index in [1.54, 1.807) is 0 Å². The van der Waals surface area contributed by atoms with Gasteiger partial charge in [0.1, 0.15) is 0 Å². The third kappa shape index (κ3) is 3.17. The molecule has 70 valence electrons. The number of carbonyl (C=O) groups excluding carboxylic acids is 1. The highest BCUT2D eigenvalue weighted by Crippen LogP contribution is 1.92. The van der Waals surface area contributed by atoms with Gasteiger partial charge in [0.2, 0.25) is 5.91 Å². The van der Waals surface area contributed by atoms with E-state index in [0.29, 0.717) is 6.42 Å². The summed E-state index contributed by atoms with van der Waals surface area (Å²) in [6, 6.07) is 0. The zero-order valence-electron chi connectivity index (χ0n) is 7.63. The van der Waals surface area contributed by atoms with E-state index >= 15 is 0 Å². The quantitative estimate of drug-likeness (QED) is 0.561. The van der Waals surface area contributed by atoms with E-state index in [1.165, 1.54) is 0 Å². The van der Waals surface area contributed by atoms with E-state index in [9.17, 15) is 4.79 Å². The number of carbonyl (C=O) groups is 1. The van der Waals surface area contributed by atoms with Crippen LogP contribution in [0.15, 0.2) is 0 Å². The summed E-state index contributed by atoms with van der Waals surface area (Å²) in [7, 11) is 4.06. The van der Waals surface area contributed by atoms with Gasteiger partial charge in [0.15, 0.2) is 0 Å². The van der Waals surface area contributed by atoms with Gasteiger partial charge in [-0.3, -0.25) is 10.2 Å². The van der Waals surface area contributed by atoms with Crippen LogP contribution < -0.4 is 11.0 Å². The molecule has 1 amide bonds.